The first-order valence-corrected chi connectivity index (χ1v) is 4.29. The maximum Gasteiger partial charge on any atom is 0.121 e. The summed E-state index contributed by atoms with van der Waals surface area (Å²) in [5.41, 5.74) is 0. The summed E-state index contributed by atoms with van der Waals surface area (Å²) in [5.74, 6) is 2.02. The fraction of sp³-hybridized carbons (Fsp3) is 1.00. The van der Waals surface area contributed by atoms with E-state index in [0.29, 0.717) is 0 Å². The molecule has 0 N–H and O–H groups in total. The van der Waals surface area contributed by atoms with Gasteiger partial charge in [0.1, 0.15) is 7.28 Å². The van der Waals surface area contributed by atoms with Gasteiger partial charge in [-0.3, -0.25) is 0 Å². The Morgan fingerprint density at radius 2 is 1.44 bits per heavy atom. The van der Waals surface area contributed by atoms with Crippen molar-refractivity contribution in [1.29, 1.82) is 0 Å². The first-order chi connectivity index (χ1) is 4.29. The van der Waals surface area contributed by atoms with E-state index in [1.54, 1.807) is 0 Å². The topological polar surface area (TPSA) is 0 Å². The largest absolute Gasteiger partial charge is 0.121 e. The van der Waals surface area contributed by atoms with Crippen molar-refractivity contribution in [2.75, 3.05) is 0 Å². The van der Waals surface area contributed by atoms with Crippen LogP contribution in [0.4, 0.5) is 0 Å². The second-order valence-corrected chi connectivity index (χ2v) is 3.72. The van der Waals surface area contributed by atoms with Gasteiger partial charge in [0.05, 0.1) is 0 Å². The van der Waals surface area contributed by atoms with Crippen molar-refractivity contribution < 1.29 is 0 Å². The molecule has 9 heavy (non-hydrogen) atoms. The normalized spacial score (nSPS) is 37.1. The van der Waals surface area contributed by atoms with Crippen molar-refractivity contribution in [1.82, 2.24) is 0 Å². The molecule has 1 heterocycles. The Morgan fingerprint density at radius 3 is 1.89 bits per heavy atom. The molecule has 0 unspecified atom stereocenters. The van der Waals surface area contributed by atoms with Gasteiger partial charge in [-0.2, -0.15) is 0 Å². The summed E-state index contributed by atoms with van der Waals surface area (Å²) in [4.78, 5) is 0. The predicted molar refractivity (Wildman–Crippen MR) is 44.3 cm³/mol. The maximum atomic E-state index is 2.39. The lowest BCUT2D eigenvalue weighted by atomic mass is 9.66. The van der Waals surface area contributed by atoms with E-state index in [2.05, 4.69) is 13.8 Å². The van der Waals surface area contributed by atoms with E-state index in [1.807, 2.05) is 0 Å². The van der Waals surface area contributed by atoms with Crippen LogP contribution in [0.1, 0.15) is 26.7 Å². The van der Waals surface area contributed by atoms with Gasteiger partial charge in [-0.25, -0.2) is 0 Å². The van der Waals surface area contributed by atoms with Gasteiger partial charge in [-0.05, 0) is 0 Å². The van der Waals surface area contributed by atoms with Crippen LogP contribution in [-0.4, -0.2) is 7.28 Å². The molecule has 0 aliphatic carbocycles. The van der Waals surface area contributed by atoms with Crippen LogP contribution in [0.5, 0.6) is 0 Å². The Hall–Kier alpha value is 0.0649. The third kappa shape index (κ3) is 2.42. The SMILES string of the molecule is C[C@@H]1CBC[C@@H](C)CC1. The van der Waals surface area contributed by atoms with Crippen LogP contribution in [0, 0.1) is 11.8 Å². The molecular weight excluding hydrogens is 107 g/mol. The lowest BCUT2D eigenvalue weighted by Crippen LogP contribution is -1.94. The Labute approximate surface area is 59.3 Å². The lowest BCUT2D eigenvalue weighted by molar-refractivity contribution is 0.493. The first kappa shape index (κ1) is 7.18. The summed E-state index contributed by atoms with van der Waals surface area (Å²) < 4.78 is 0. The van der Waals surface area contributed by atoms with Crippen molar-refractivity contribution in [3.05, 3.63) is 0 Å². The molecule has 1 rings (SSSR count). The molecular formula is C8H17B. The van der Waals surface area contributed by atoms with Crippen molar-refractivity contribution >= 4 is 7.28 Å². The summed E-state index contributed by atoms with van der Waals surface area (Å²) >= 11 is 0. The molecule has 0 spiro atoms. The molecule has 0 aromatic heterocycles. The van der Waals surface area contributed by atoms with Crippen molar-refractivity contribution in [3.63, 3.8) is 0 Å². The highest BCUT2D eigenvalue weighted by molar-refractivity contribution is 6.35. The van der Waals surface area contributed by atoms with Crippen LogP contribution in [0.3, 0.4) is 0 Å². The minimum absolute atomic E-state index is 1.01. The molecule has 0 bridgehead atoms. The van der Waals surface area contributed by atoms with Crippen molar-refractivity contribution in [3.8, 4) is 0 Å². The Kier molecular flexibility index (Phi) is 2.62. The standard InChI is InChI=1S/C8H17B/c1-7-3-4-8(2)6-9-5-7/h7-9H,3-6H2,1-2H3/t7-,8-/m0/s1. The summed E-state index contributed by atoms with van der Waals surface area (Å²) in [6, 6.07) is 0. The first-order valence-electron chi connectivity index (χ1n) is 4.29. The fourth-order valence-corrected chi connectivity index (χ4v) is 1.67. The van der Waals surface area contributed by atoms with Crippen LogP contribution in [0.2, 0.25) is 12.6 Å². The monoisotopic (exact) mass is 124 g/mol. The minimum atomic E-state index is 1.01. The van der Waals surface area contributed by atoms with Crippen LogP contribution < -0.4 is 0 Å². The average Bonchev–Trinajstić information content (AvgIpc) is 1.97. The van der Waals surface area contributed by atoms with Gasteiger partial charge in [0.25, 0.3) is 0 Å². The minimum Gasteiger partial charge on any atom is -0.0749 e. The molecule has 0 saturated carbocycles. The van der Waals surface area contributed by atoms with Gasteiger partial charge in [-0.15, -0.1) is 0 Å². The van der Waals surface area contributed by atoms with Gasteiger partial charge >= 0.3 is 0 Å². The lowest BCUT2D eigenvalue weighted by Gasteiger charge is -2.05. The van der Waals surface area contributed by atoms with Gasteiger partial charge in [0, 0.05) is 0 Å². The molecule has 0 aromatic rings. The van der Waals surface area contributed by atoms with Crippen molar-refractivity contribution in [2.24, 2.45) is 11.8 Å². The molecule has 1 saturated heterocycles. The molecule has 2 atom stereocenters. The zero-order chi connectivity index (χ0) is 6.69. The van der Waals surface area contributed by atoms with E-state index >= 15 is 0 Å². The van der Waals surface area contributed by atoms with E-state index in [-0.39, 0.29) is 0 Å². The number of hydrogen-bond donors (Lipinski definition) is 0. The molecule has 1 aliphatic heterocycles. The van der Waals surface area contributed by atoms with E-state index in [9.17, 15) is 0 Å². The Balaban J connectivity index is 2.25. The van der Waals surface area contributed by atoms with Gasteiger partial charge < -0.3 is 0 Å². The van der Waals surface area contributed by atoms with Gasteiger partial charge in [0.15, 0.2) is 0 Å². The molecule has 0 aromatic carbocycles. The van der Waals surface area contributed by atoms with Crippen LogP contribution in [0.15, 0.2) is 0 Å². The smallest absolute Gasteiger partial charge is 0.0749 e. The molecule has 52 valence electrons. The quantitative estimate of drug-likeness (QED) is 0.434. The average molecular weight is 124 g/mol. The summed E-state index contributed by atoms with van der Waals surface area (Å²) in [6.07, 6.45) is 5.90. The Morgan fingerprint density at radius 1 is 1.00 bits per heavy atom. The van der Waals surface area contributed by atoms with Gasteiger partial charge in [0.2, 0.25) is 0 Å². The maximum absolute atomic E-state index is 2.39. The molecule has 0 nitrogen and oxygen atoms in total. The molecule has 0 radical (unpaired) electrons. The fourth-order valence-electron chi connectivity index (χ4n) is 1.67. The highest BCUT2D eigenvalue weighted by Crippen LogP contribution is 2.23. The van der Waals surface area contributed by atoms with Crippen LogP contribution >= 0.6 is 0 Å². The third-order valence-electron chi connectivity index (χ3n) is 2.55. The molecule has 1 fully saturated rings. The van der Waals surface area contributed by atoms with Crippen LogP contribution in [-0.2, 0) is 0 Å². The zero-order valence-electron chi connectivity index (χ0n) is 6.69. The van der Waals surface area contributed by atoms with Crippen LogP contribution in [0.25, 0.3) is 0 Å². The molecule has 1 heteroatoms. The number of hydrogen-bond acceptors (Lipinski definition) is 0. The number of rotatable bonds is 0. The van der Waals surface area contributed by atoms with Gasteiger partial charge in [-0.1, -0.05) is 51.2 Å². The molecule has 0 amide bonds. The Bertz CT molecular complexity index is 70.6. The summed E-state index contributed by atoms with van der Waals surface area (Å²) in [7, 11) is 1.47. The highest BCUT2D eigenvalue weighted by Gasteiger charge is 2.12. The second kappa shape index (κ2) is 3.29. The summed E-state index contributed by atoms with van der Waals surface area (Å²) in [6.45, 7) is 4.77. The van der Waals surface area contributed by atoms with E-state index in [1.165, 1.54) is 32.8 Å². The second-order valence-electron chi connectivity index (χ2n) is 3.72. The zero-order valence-corrected chi connectivity index (χ0v) is 6.69. The molecule has 1 aliphatic rings. The van der Waals surface area contributed by atoms with E-state index in [4.69, 9.17) is 0 Å². The predicted octanol–water partition coefficient (Wildman–Crippen LogP) is 2.33. The van der Waals surface area contributed by atoms with E-state index < -0.39 is 0 Å². The highest BCUT2D eigenvalue weighted by atomic mass is 14.1. The summed E-state index contributed by atoms with van der Waals surface area (Å²) in [5, 5.41) is 0. The third-order valence-corrected chi connectivity index (χ3v) is 2.55. The van der Waals surface area contributed by atoms with E-state index in [0.717, 1.165) is 11.8 Å². The van der Waals surface area contributed by atoms with Crippen molar-refractivity contribution in [2.45, 2.75) is 39.3 Å².